The molecule has 0 heterocycles. The van der Waals surface area contributed by atoms with Crippen molar-refractivity contribution in [2.24, 2.45) is 0 Å². The van der Waals surface area contributed by atoms with Gasteiger partial charge in [0, 0.05) is 30.6 Å². The standard InChI is InChI=1S/C36H39FN4O7S/c1-5-26(3)38-36(43)34(21-27-9-7-6-8-10-27)39(23-28-12-14-29(37)15-13-28)35(42)24-40(30-16-18-31(48-4)19-17-30)49(46,47)32-20-11-25(2)33(22-32)41(44)45/h6-20,22,26,34H,5,21,23-24H2,1-4H3,(H,38,43). The number of nitrogens with one attached hydrogen (secondary N) is 1. The topological polar surface area (TPSA) is 139 Å². The molecule has 258 valence electrons. The van der Waals surface area contributed by atoms with Crippen molar-refractivity contribution in [2.75, 3.05) is 18.0 Å². The molecule has 0 bridgehead atoms. The highest BCUT2D eigenvalue weighted by molar-refractivity contribution is 7.92. The molecule has 49 heavy (non-hydrogen) atoms. The smallest absolute Gasteiger partial charge is 0.273 e. The third-order valence-corrected chi connectivity index (χ3v) is 9.91. The van der Waals surface area contributed by atoms with E-state index < -0.39 is 55.7 Å². The van der Waals surface area contributed by atoms with Crippen molar-refractivity contribution >= 4 is 33.2 Å². The molecule has 2 atom stereocenters. The van der Waals surface area contributed by atoms with Gasteiger partial charge in [-0.15, -0.1) is 0 Å². The maximum absolute atomic E-state index is 14.6. The van der Waals surface area contributed by atoms with Crippen molar-refractivity contribution in [2.45, 2.75) is 57.1 Å². The Morgan fingerprint density at radius 3 is 2.20 bits per heavy atom. The maximum Gasteiger partial charge on any atom is 0.273 e. The van der Waals surface area contributed by atoms with Gasteiger partial charge in [-0.25, -0.2) is 12.8 Å². The van der Waals surface area contributed by atoms with Crippen LogP contribution in [0.3, 0.4) is 0 Å². The predicted octanol–water partition coefficient (Wildman–Crippen LogP) is 5.80. The molecule has 4 aromatic carbocycles. The van der Waals surface area contributed by atoms with E-state index in [0.717, 1.165) is 15.9 Å². The van der Waals surface area contributed by atoms with Crippen LogP contribution >= 0.6 is 0 Å². The molecule has 0 aliphatic heterocycles. The number of hydrogen-bond donors (Lipinski definition) is 1. The number of halogens is 1. The van der Waals surface area contributed by atoms with Crippen molar-refractivity contribution in [3.63, 3.8) is 0 Å². The van der Waals surface area contributed by atoms with Crippen LogP contribution < -0.4 is 14.4 Å². The zero-order valence-corrected chi connectivity index (χ0v) is 28.5. The first-order valence-corrected chi connectivity index (χ1v) is 17.1. The Morgan fingerprint density at radius 2 is 1.61 bits per heavy atom. The fourth-order valence-electron chi connectivity index (χ4n) is 5.13. The number of anilines is 1. The number of carbonyl (C=O) groups is 2. The highest BCUT2D eigenvalue weighted by Crippen LogP contribution is 2.30. The predicted molar refractivity (Wildman–Crippen MR) is 184 cm³/mol. The molecular formula is C36H39FN4O7S. The van der Waals surface area contributed by atoms with Gasteiger partial charge in [0.2, 0.25) is 11.8 Å². The quantitative estimate of drug-likeness (QED) is 0.123. The molecule has 0 saturated carbocycles. The van der Waals surface area contributed by atoms with Gasteiger partial charge in [0.25, 0.3) is 15.7 Å². The molecule has 2 unspecified atom stereocenters. The Labute approximate surface area is 285 Å². The van der Waals surface area contributed by atoms with Crippen LogP contribution in [0.5, 0.6) is 5.75 Å². The first kappa shape index (κ1) is 36.5. The molecule has 0 aromatic heterocycles. The Balaban J connectivity index is 1.84. The minimum absolute atomic E-state index is 0.0859. The summed E-state index contributed by atoms with van der Waals surface area (Å²) in [5.74, 6) is -1.23. The van der Waals surface area contributed by atoms with E-state index in [0.29, 0.717) is 17.7 Å². The van der Waals surface area contributed by atoms with Gasteiger partial charge in [-0.3, -0.25) is 24.0 Å². The van der Waals surface area contributed by atoms with Crippen LogP contribution in [-0.2, 0) is 32.6 Å². The minimum atomic E-state index is -4.59. The zero-order chi connectivity index (χ0) is 35.7. The highest BCUT2D eigenvalue weighted by atomic mass is 32.2. The second-order valence-corrected chi connectivity index (χ2v) is 13.4. The van der Waals surface area contributed by atoms with Gasteiger partial charge < -0.3 is 15.0 Å². The number of sulfonamides is 1. The van der Waals surface area contributed by atoms with Gasteiger partial charge in [-0.1, -0.05) is 55.5 Å². The van der Waals surface area contributed by atoms with Crippen LogP contribution in [0.4, 0.5) is 15.8 Å². The van der Waals surface area contributed by atoms with Crippen molar-refractivity contribution in [3.05, 3.63) is 130 Å². The Morgan fingerprint density at radius 1 is 0.959 bits per heavy atom. The van der Waals surface area contributed by atoms with Crippen molar-refractivity contribution in [1.29, 1.82) is 0 Å². The molecule has 2 amide bonds. The third-order valence-electron chi connectivity index (χ3n) is 8.14. The van der Waals surface area contributed by atoms with Gasteiger partial charge in [0.15, 0.2) is 0 Å². The van der Waals surface area contributed by atoms with Gasteiger partial charge in [-0.2, -0.15) is 0 Å². The number of carbonyl (C=O) groups excluding carboxylic acids is 2. The molecule has 1 N–H and O–H groups in total. The largest absolute Gasteiger partial charge is 0.497 e. The summed E-state index contributed by atoms with van der Waals surface area (Å²) in [4.78, 5) is 40.4. The first-order chi connectivity index (χ1) is 23.3. The highest BCUT2D eigenvalue weighted by Gasteiger charge is 2.35. The molecule has 0 fully saturated rings. The molecule has 0 spiro atoms. The summed E-state index contributed by atoms with van der Waals surface area (Å²) in [6.07, 6.45) is 0.734. The van der Waals surface area contributed by atoms with E-state index in [9.17, 15) is 32.5 Å². The lowest BCUT2D eigenvalue weighted by atomic mass is 10.0. The third kappa shape index (κ3) is 9.20. The SMILES string of the molecule is CCC(C)NC(=O)C(Cc1ccccc1)N(Cc1ccc(F)cc1)C(=O)CN(c1ccc(OC)cc1)S(=O)(=O)c1ccc(C)c([N+](=O)[O-])c1. The number of nitro benzene ring substituents is 1. The summed E-state index contributed by atoms with van der Waals surface area (Å²) in [6, 6.07) is 22.7. The van der Waals surface area contributed by atoms with Gasteiger partial charge >= 0.3 is 0 Å². The van der Waals surface area contributed by atoms with E-state index in [4.69, 9.17) is 4.74 Å². The number of aryl methyl sites for hydroxylation is 1. The minimum Gasteiger partial charge on any atom is -0.497 e. The summed E-state index contributed by atoms with van der Waals surface area (Å²) in [5.41, 5.74) is 1.22. The van der Waals surface area contributed by atoms with E-state index in [1.54, 1.807) is 0 Å². The Bertz CT molecular complexity index is 1870. The van der Waals surface area contributed by atoms with Gasteiger partial charge in [-0.05, 0) is 73.9 Å². The molecule has 13 heteroatoms. The molecule has 11 nitrogen and oxygen atoms in total. The fourth-order valence-corrected chi connectivity index (χ4v) is 6.57. The number of methoxy groups -OCH3 is 1. The summed E-state index contributed by atoms with van der Waals surface area (Å²) in [7, 11) is -3.14. The van der Waals surface area contributed by atoms with Crippen LogP contribution in [0.2, 0.25) is 0 Å². The lowest BCUT2D eigenvalue weighted by molar-refractivity contribution is -0.385. The van der Waals surface area contributed by atoms with Crippen LogP contribution in [0.25, 0.3) is 0 Å². The lowest BCUT2D eigenvalue weighted by Crippen LogP contribution is -2.54. The molecule has 0 aliphatic rings. The van der Waals surface area contributed by atoms with E-state index in [-0.39, 0.29) is 30.3 Å². The number of amides is 2. The molecule has 4 aromatic rings. The molecule has 0 radical (unpaired) electrons. The molecule has 0 aliphatic carbocycles. The average Bonchev–Trinajstić information content (AvgIpc) is 3.09. The van der Waals surface area contributed by atoms with Crippen molar-refractivity contribution in [3.8, 4) is 5.75 Å². The first-order valence-electron chi connectivity index (χ1n) is 15.6. The van der Waals surface area contributed by atoms with Crippen LogP contribution in [-0.4, -0.2) is 55.8 Å². The Hall–Kier alpha value is -5.30. The summed E-state index contributed by atoms with van der Waals surface area (Å²) < 4.78 is 48.5. The van der Waals surface area contributed by atoms with Crippen molar-refractivity contribution in [1.82, 2.24) is 10.2 Å². The maximum atomic E-state index is 14.6. The number of nitrogens with zero attached hydrogens (tertiary/aromatic N) is 3. The molecule has 0 saturated heterocycles. The summed E-state index contributed by atoms with van der Waals surface area (Å²) in [6.45, 7) is 4.33. The van der Waals surface area contributed by atoms with E-state index >= 15 is 0 Å². The second kappa shape index (κ2) is 16.2. The summed E-state index contributed by atoms with van der Waals surface area (Å²) >= 11 is 0. The van der Waals surface area contributed by atoms with E-state index in [1.165, 1.54) is 79.6 Å². The number of rotatable bonds is 15. The second-order valence-electron chi connectivity index (χ2n) is 11.6. The Kier molecular flexibility index (Phi) is 12.1. The monoisotopic (exact) mass is 690 g/mol. The average molecular weight is 691 g/mol. The fraction of sp³-hybridized carbons (Fsp3) is 0.278. The lowest BCUT2D eigenvalue weighted by Gasteiger charge is -2.34. The molecular weight excluding hydrogens is 651 g/mol. The van der Waals surface area contributed by atoms with E-state index in [1.807, 2.05) is 44.2 Å². The number of nitro groups is 1. The number of benzene rings is 4. The van der Waals surface area contributed by atoms with Gasteiger partial charge in [0.1, 0.15) is 24.2 Å². The zero-order valence-electron chi connectivity index (χ0n) is 27.7. The van der Waals surface area contributed by atoms with Crippen LogP contribution in [0.1, 0.15) is 37.0 Å². The normalized spacial score (nSPS) is 12.4. The van der Waals surface area contributed by atoms with Crippen molar-refractivity contribution < 1.29 is 32.1 Å². The number of ether oxygens (including phenoxy) is 1. The van der Waals surface area contributed by atoms with Gasteiger partial charge in [0.05, 0.1) is 22.6 Å². The molecule has 4 rings (SSSR count). The van der Waals surface area contributed by atoms with Crippen LogP contribution in [0.15, 0.2) is 102 Å². The van der Waals surface area contributed by atoms with E-state index in [2.05, 4.69) is 5.32 Å². The summed E-state index contributed by atoms with van der Waals surface area (Å²) in [5, 5.41) is 14.7. The number of hydrogen-bond acceptors (Lipinski definition) is 7. The van der Waals surface area contributed by atoms with Crippen LogP contribution in [0, 0.1) is 22.9 Å².